The van der Waals surface area contributed by atoms with E-state index in [2.05, 4.69) is 9.67 Å². The van der Waals surface area contributed by atoms with Gasteiger partial charge >= 0.3 is 0 Å². The van der Waals surface area contributed by atoms with Gasteiger partial charge in [-0.3, -0.25) is 9.59 Å². The van der Waals surface area contributed by atoms with Gasteiger partial charge in [0.1, 0.15) is 9.84 Å². The largest absolute Gasteiger partial charge is 0.364 e. The number of anilines is 1. The van der Waals surface area contributed by atoms with E-state index in [9.17, 15) is 28.2 Å². The molecule has 11 heteroatoms. The Morgan fingerprint density at radius 1 is 1.11 bits per heavy atom. The lowest BCUT2D eigenvalue weighted by Gasteiger charge is -2.26. The SMILES string of the molecule is Cc1c(C=C2C(=O)N(c3ccc(C(O)O)cc3)N=C2C(N)=O)c2ccccc2n1C1CCS(=O)(=O)CC1. The molecule has 10 nitrogen and oxygen atoms in total. The van der Waals surface area contributed by atoms with Crippen LogP contribution in [0.15, 0.2) is 59.2 Å². The van der Waals surface area contributed by atoms with Crippen LogP contribution in [0.2, 0.25) is 0 Å². The number of para-hydroxylation sites is 1. The highest BCUT2D eigenvalue weighted by molar-refractivity contribution is 7.91. The number of hydrazone groups is 1. The van der Waals surface area contributed by atoms with Crippen LogP contribution in [0.1, 0.15) is 42.0 Å². The van der Waals surface area contributed by atoms with Gasteiger partial charge in [-0.05, 0) is 44.0 Å². The maximum atomic E-state index is 13.4. The van der Waals surface area contributed by atoms with Crippen LogP contribution in [-0.2, 0) is 19.4 Å². The molecule has 192 valence electrons. The molecule has 0 bridgehead atoms. The van der Waals surface area contributed by atoms with Gasteiger partial charge < -0.3 is 20.5 Å². The molecule has 3 aromatic rings. The number of aliphatic hydroxyl groups excluding tert-OH is 1. The van der Waals surface area contributed by atoms with Crippen LogP contribution in [0, 0.1) is 6.92 Å². The molecule has 0 radical (unpaired) electrons. The number of aromatic nitrogens is 1. The number of carbonyl (C=O) groups excluding carboxylic acids is 2. The number of nitrogens with zero attached hydrogens (tertiary/aromatic N) is 3. The Hall–Kier alpha value is -3.80. The molecule has 1 fully saturated rings. The monoisotopic (exact) mass is 522 g/mol. The number of hydrogen-bond donors (Lipinski definition) is 3. The topological polar surface area (TPSA) is 155 Å². The summed E-state index contributed by atoms with van der Waals surface area (Å²) in [5, 5.41) is 24.8. The molecule has 0 unspecified atom stereocenters. The number of carbonyl (C=O) groups is 2. The van der Waals surface area contributed by atoms with Gasteiger partial charge in [0.05, 0.1) is 22.8 Å². The van der Waals surface area contributed by atoms with Gasteiger partial charge in [-0.2, -0.15) is 10.1 Å². The molecular weight excluding hydrogens is 496 g/mol. The van der Waals surface area contributed by atoms with Gasteiger partial charge in [-0.15, -0.1) is 0 Å². The van der Waals surface area contributed by atoms with Crippen LogP contribution < -0.4 is 10.7 Å². The van der Waals surface area contributed by atoms with Crippen molar-refractivity contribution in [3.63, 3.8) is 0 Å². The predicted molar refractivity (Wildman–Crippen MR) is 139 cm³/mol. The van der Waals surface area contributed by atoms with Gasteiger partial charge in [-0.25, -0.2) is 8.42 Å². The van der Waals surface area contributed by atoms with E-state index in [1.54, 1.807) is 6.08 Å². The summed E-state index contributed by atoms with van der Waals surface area (Å²) in [5.74, 6) is -1.16. The molecule has 2 aliphatic rings. The fourth-order valence-electron chi connectivity index (χ4n) is 5.04. The number of fused-ring (bicyclic) bond motifs is 1. The molecule has 2 aliphatic heterocycles. The van der Waals surface area contributed by atoms with Crippen molar-refractivity contribution < 1.29 is 28.2 Å². The summed E-state index contributed by atoms with van der Waals surface area (Å²) >= 11 is 0. The van der Waals surface area contributed by atoms with Crippen molar-refractivity contribution >= 4 is 50.0 Å². The number of benzene rings is 2. The second-order valence-corrected chi connectivity index (χ2v) is 11.5. The van der Waals surface area contributed by atoms with Crippen LogP contribution in [0.4, 0.5) is 5.69 Å². The number of rotatable bonds is 5. The fourth-order valence-corrected chi connectivity index (χ4v) is 6.51. The zero-order valence-electron chi connectivity index (χ0n) is 20.0. The average molecular weight is 523 g/mol. The summed E-state index contributed by atoms with van der Waals surface area (Å²) in [4.78, 5) is 25.7. The van der Waals surface area contributed by atoms with Crippen molar-refractivity contribution in [3.05, 3.63) is 70.9 Å². The Morgan fingerprint density at radius 3 is 2.38 bits per heavy atom. The average Bonchev–Trinajstić information content (AvgIpc) is 3.34. The molecule has 0 aliphatic carbocycles. The normalized spacial score (nSPS) is 19.2. The third kappa shape index (κ3) is 4.45. The maximum absolute atomic E-state index is 13.4. The van der Waals surface area contributed by atoms with Gasteiger partial charge in [0.15, 0.2) is 12.0 Å². The van der Waals surface area contributed by atoms with Crippen LogP contribution in [0.3, 0.4) is 0 Å². The Bertz CT molecular complexity index is 1570. The highest BCUT2D eigenvalue weighted by Crippen LogP contribution is 2.36. The van der Waals surface area contributed by atoms with Gasteiger partial charge in [0.2, 0.25) is 0 Å². The molecule has 1 saturated heterocycles. The number of sulfone groups is 1. The third-order valence-electron chi connectivity index (χ3n) is 6.93. The van der Waals surface area contributed by atoms with Crippen LogP contribution in [0.5, 0.6) is 0 Å². The molecule has 2 amide bonds. The van der Waals surface area contributed by atoms with E-state index in [0.717, 1.165) is 27.2 Å². The number of primary amides is 1. The Labute approximate surface area is 213 Å². The minimum absolute atomic E-state index is 0.0129. The third-order valence-corrected chi connectivity index (χ3v) is 8.65. The second-order valence-electron chi connectivity index (χ2n) is 9.22. The minimum Gasteiger partial charge on any atom is -0.364 e. The zero-order chi connectivity index (χ0) is 26.5. The van der Waals surface area contributed by atoms with E-state index in [1.807, 2.05) is 31.2 Å². The van der Waals surface area contributed by atoms with Gasteiger partial charge in [0, 0.05) is 33.8 Å². The quantitative estimate of drug-likeness (QED) is 0.344. The summed E-state index contributed by atoms with van der Waals surface area (Å²) in [6, 6.07) is 13.5. The first-order valence-electron chi connectivity index (χ1n) is 11.8. The summed E-state index contributed by atoms with van der Waals surface area (Å²) in [5.41, 5.74) is 8.49. The number of nitrogens with two attached hydrogens (primary N) is 1. The molecule has 1 aromatic heterocycles. The molecular formula is C26H26N4O6S. The van der Waals surface area contributed by atoms with E-state index >= 15 is 0 Å². The van der Waals surface area contributed by atoms with E-state index < -0.39 is 27.9 Å². The minimum atomic E-state index is -3.04. The van der Waals surface area contributed by atoms with Crippen molar-refractivity contribution in [2.24, 2.45) is 10.8 Å². The summed E-state index contributed by atoms with van der Waals surface area (Å²) in [6.07, 6.45) is 0.952. The second kappa shape index (κ2) is 9.25. The highest BCUT2D eigenvalue weighted by Gasteiger charge is 2.35. The number of aliphatic hydroxyl groups is 2. The van der Waals surface area contributed by atoms with Gasteiger partial charge in [0.25, 0.3) is 11.8 Å². The van der Waals surface area contributed by atoms with E-state index in [1.165, 1.54) is 24.3 Å². The van der Waals surface area contributed by atoms with Crippen molar-refractivity contribution in [2.75, 3.05) is 16.5 Å². The fraction of sp³-hybridized carbons (Fsp3) is 0.269. The van der Waals surface area contributed by atoms with Crippen LogP contribution in [-0.4, -0.2) is 52.2 Å². The first-order valence-corrected chi connectivity index (χ1v) is 13.6. The summed E-state index contributed by atoms with van der Waals surface area (Å²) in [6.45, 7) is 1.91. The van der Waals surface area contributed by atoms with E-state index in [-0.39, 0.29) is 34.4 Å². The van der Waals surface area contributed by atoms with Crippen LogP contribution >= 0.6 is 0 Å². The predicted octanol–water partition coefficient (Wildman–Crippen LogP) is 1.95. The number of hydrogen-bond acceptors (Lipinski definition) is 7. The lowest BCUT2D eigenvalue weighted by molar-refractivity contribution is -0.115. The van der Waals surface area contributed by atoms with E-state index in [4.69, 9.17) is 5.73 Å². The molecule has 0 atom stereocenters. The Balaban J connectivity index is 1.59. The summed E-state index contributed by atoms with van der Waals surface area (Å²) in [7, 11) is -3.04. The molecule has 0 saturated carbocycles. The van der Waals surface area contributed by atoms with Crippen molar-refractivity contribution in [2.45, 2.75) is 32.1 Å². The standard InChI is InChI=1S/C26H26N4O6S/c1-15-20(19-4-2-3-5-22(19)29(15)17-10-12-37(35,36)13-11-17)14-21-23(24(27)31)28-30(25(21)32)18-8-6-16(7-9-18)26(33)34/h2-9,14,17,26,33-34H,10-13H2,1H3,(H2,27,31). The first-order chi connectivity index (χ1) is 17.6. The van der Waals surface area contributed by atoms with Crippen molar-refractivity contribution in [3.8, 4) is 0 Å². The lowest BCUT2D eigenvalue weighted by atomic mass is 10.0. The molecule has 4 N–H and O–H groups in total. The molecule has 5 rings (SSSR count). The Kier molecular flexibility index (Phi) is 6.22. The Morgan fingerprint density at radius 2 is 1.76 bits per heavy atom. The maximum Gasteiger partial charge on any atom is 0.281 e. The smallest absolute Gasteiger partial charge is 0.281 e. The van der Waals surface area contributed by atoms with Crippen LogP contribution in [0.25, 0.3) is 17.0 Å². The first kappa shape index (κ1) is 24.9. The van der Waals surface area contributed by atoms with E-state index in [0.29, 0.717) is 18.5 Å². The molecule has 37 heavy (non-hydrogen) atoms. The highest BCUT2D eigenvalue weighted by atomic mass is 32.2. The lowest BCUT2D eigenvalue weighted by Crippen LogP contribution is -2.26. The molecule has 2 aromatic carbocycles. The molecule has 0 spiro atoms. The van der Waals surface area contributed by atoms with Crippen molar-refractivity contribution in [1.29, 1.82) is 0 Å². The van der Waals surface area contributed by atoms with Crippen molar-refractivity contribution in [1.82, 2.24) is 4.57 Å². The van der Waals surface area contributed by atoms with Gasteiger partial charge in [-0.1, -0.05) is 30.3 Å². The zero-order valence-corrected chi connectivity index (χ0v) is 20.9. The number of amides is 2. The molecule has 3 heterocycles. The summed E-state index contributed by atoms with van der Waals surface area (Å²) < 4.78 is 26.1.